The van der Waals surface area contributed by atoms with Crippen molar-refractivity contribution >= 4 is 23.2 Å². The van der Waals surface area contributed by atoms with E-state index in [0.29, 0.717) is 10.0 Å². The van der Waals surface area contributed by atoms with Crippen molar-refractivity contribution in [3.05, 3.63) is 33.8 Å². The molecule has 0 heterocycles. The number of hydrogen-bond donors (Lipinski definition) is 1. The van der Waals surface area contributed by atoms with E-state index in [0.717, 1.165) is 12.3 Å². The van der Waals surface area contributed by atoms with Crippen LogP contribution in [0.3, 0.4) is 0 Å². The van der Waals surface area contributed by atoms with Gasteiger partial charge in [0.25, 0.3) is 0 Å². The van der Waals surface area contributed by atoms with Crippen molar-refractivity contribution in [3.63, 3.8) is 0 Å². The van der Waals surface area contributed by atoms with Crippen molar-refractivity contribution in [2.24, 2.45) is 11.7 Å². The van der Waals surface area contributed by atoms with Crippen LogP contribution >= 0.6 is 23.2 Å². The molecule has 1 atom stereocenters. The normalized spacial score (nSPS) is 18.2. The molecule has 0 radical (unpaired) electrons. The van der Waals surface area contributed by atoms with Gasteiger partial charge in [0.15, 0.2) is 0 Å². The van der Waals surface area contributed by atoms with Gasteiger partial charge in [0.05, 0.1) is 10.0 Å². The van der Waals surface area contributed by atoms with Gasteiger partial charge in [-0.05, 0) is 42.9 Å². The minimum Gasteiger partial charge on any atom is -0.327 e. The van der Waals surface area contributed by atoms with Gasteiger partial charge in [0.2, 0.25) is 0 Å². The van der Waals surface area contributed by atoms with Crippen LogP contribution in [-0.2, 0) is 6.42 Å². The zero-order chi connectivity index (χ0) is 10.1. The molecule has 1 fully saturated rings. The first-order valence-electron chi connectivity index (χ1n) is 4.86. The molecule has 0 amide bonds. The van der Waals surface area contributed by atoms with E-state index in [1.807, 2.05) is 18.2 Å². The minimum absolute atomic E-state index is 0.284. The second-order valence-electron chi connectivity index (χ2n) is 3.95. The highest BCUT2D eigenvalue weighted by molar-refractivity contribution is 6.42. The fourth-order valence-corrected chi connectivity index (χ4v) is 1.95. The highest BCUT2D eigenvalue weighted by Crippen LogP contribution is 2.33. The summed E-state index contributed by atoms with van der Waals surface area (Å²) >= 11 is 11.7. The molecule has 0 aliphatic heterocycles. The van der Waals surface area contributed by atoms with Crippen LogP contribution < -0.4 is 5.73 Å². The maximum Gasteiger partial charge on any atom is 0.0595 e. The standard InChI is InChI=1S/C11H13Cl2N/c12-9-4-1-7(5-10(9)13)6-11(14)8-2-3-8/h1,4-5,8,11H,2-3,6,14H2. The van der Waals surface area contributed by atoms with Crippen LogP contribution in [0.4, 0.5) is 0 Å². The van der Waals surface area contributed by atoms with E-state index in [2.05, 4.69) is 0 Å². The number of nitrogens with two attached hydrogens (primary N) is 1. The zero-order valence-electron chi connectivity index (χ0n) is 7.84. The predicted molar refractivity (Wildman–Crippen MR) is 60.9 cm³/mol. The largest absolute Gasteiger partial charge is 0.327 e. The fourth-order valence-electron chi connectivity index (χ4n) is 1.63. The second kappa shape index (κ2) is 4.09. The van der Waals surface area contributed by atoms with Gasteiger partial charge in [-0.15, -0.1) is 0 Å². The Morgan fingerprint density at radius 1 is 1.29 bits per heavy atom. The quantitative estimate of drug-likeness (QED) is 0.847. The van der Waals surface area contributed by atoms with Crippen LogP contribution in [-0.4, -0.2) is 6.04 Å². The average Bonchev–Trinajstić information content (AvgIpc) is 2.94. The zero-order valence-corrected chi connectivity index (χ0v) is 9.35. The Labute approximate surface area is 94.2 Å². The van der Waals surface area contributed by atoms with Gasteiger partial charge in [-0.1, -0.05) is 29.3 Å². The molecule has 1 aliphatic rings. The summed E-state index contributed by atoms with van der Waals surface area (Å²) in [4.78, 5) is 0. The van der Waals surface area contributed by atoms with Crippen LogP contribution in [0.15, 0.2) is 18.2 Å². The van der Waals surface area contributed by atoms with Gasteiger partial charge in [-0.25, -0.2) is 0 Å². The van der Waals surface area contributed by atoms with E-state index in [9.17, 15) is 0 Å². The van der Waals surface area contributed by atoms with E-state index >= 15 is 0 Å². The summed E-state index contributed by atoms with van der Waals surface area (Å²) in [5.41, 5.74) is 7.20. The van der Waals surface area contributed by atoms with Crippen molar-refractivity contribution in [3.8, 4) is 0 Å². The Morgan fingerprint density at radius 2 is 2.00 bits per heavy atom. The molecule has 1 aliphatic carbocycles. The smallest absolute Gasteiger partial charge is 0.0595 e. The van der Waals surface area contributed by atoms with E-state index in [1.54, 1.807) is 0 Å². The number of hydrogen-bond acceptors (Lipinski definition) is 1. The number of halogens is 2. The summed E-state index contributed by atoms with van der Waals surface area (Å²) < 4.78 is 0. The van der Waals surface area contributed by atoms with Crippen molar-refractivity contribution in [1.29, 1.82) is 0 Å². The lowest BCUT2D eigenvalue weighted by Crippen LogP contribution is -2.24. The maximum absolute atomic E-state index is 6.02. The lowest BCUT2D eigenvalue weighted by atomic mass is 10.0. The molecule has 2 rings (SSSR count). The molecule has 2 N–H and O–H groups in total. The molecule has 1 unspecified atom stereocenters. The molecule has 0 aromatic heterocycles. The summed E-state index contributed by atoms with van der Waals surface area (Å²) in [6, 6.07) is 6.02. The SMILES string of the molecule is NC(Cc1ccc(Cl)c(Cl)c1)C1CC1. The molecule has 3 heteroatoms. The lowest BCUT2D eigenvalue weighted by Gasteiger charge is -2.10. The van der Waals surface area contributed by atoms with Crippen molar-refractivity contribution < 1.29 is 0 Å². The number of benzene rings is 1. The first-order chi connectivity index (χ1) is 6.66. The monoisotopic (exact) mass is 229 g/mol. The molecule has 1 nitrogen and oxygen atoms in total. The average molecular weight is 230 g/mol. The van der Waals surface area contributed by atoms with Crippen LogP contribution in [0.25, 0.3) is 0 Å². The van der Waals surface area contributed by atoms with Gasteiger partial charge >= 0.3 is 0 Å². The second-order valence-corrected chi connectivity index (χ2v) is 4.77. The van der Waals surface area contributed by atoms with Crippen LogP contribution in [0.1, 0.15) is 18.4 Å². The van der Waals surface area contributed by atoms with Crippen molar-refractivity contribution in [2.45, 2.75) is 25.3 Å². The summed E-state index contributed by atoms with van der Waals surface area (Å²) in [7, 11) is 0. The van der Waals surface area contributed by atoms with Crippen molar-refractivity contribution in [1.82, 2.24) is 0 Å². The Morgan fingerprint density at radius 3 is 2.57 bits per heavy atom. The molecule has 1 saturated carbocycles. The fraction of sp³-hybridized carbons (Fsp3) is 0.455. The molecule has 1 aromatic carbocycles. The summed E-state index contributed by atoms with van der Waals surface area (Å²) in [5.74, 6) is 0.726. The molecule has 14 heavy (non-hydrogen) atoms. The van der Waals surface area contributed by atoms with E-state index in [1.165, 1.54) is 18.4 Å². The van der Waals surface area contributed by atoms with Gasteiger partial charge < -0.3 is 5.73 Å². The molecule has 1 aromatic rings. The van der Waals surface area contributed by atoms with Gasteiger partial charge in [-0.3, -0.25) is 0 Å². The van der Waals surface area contributed by atoms with Crippen LogP contribution in [0.2, 0.25) is 10.0 Å². The van der Waals surface area contributed by atoms with Gasteiger partial charge in [0, 0.05) is 6.04 Å². The highest BCUT2D eigenvalue weighted by Gasteiger charge is 2.28. The summed E-state index contributed by atoms with van der Waals surface area (Å²) in [5, 5.41) is 1.22. The first-order valence-corrected chi connectivity index (χ1v) is 5.62. The summed E-state index contributed by atoms with van der Waals surface area (Å²) in [6.45, 7) is 0. The third-order valence-electron chi connectivity index (χ3n) is 2.68. The van der Waals surface area contributed by atoms with Gasteiger partial charge in [-0.2, -0.15) is 0 Å². The Bertz CT molecular complexity index is 334. The number of rotatable bonds is 3. The molecular weight excluding hydrogens is 217 g/mol. The topological polar surface area (TPSA) is 26.0 Å². The molecular formula is C11H13Cl2N. The predicted octanol–water partition coefficient (Wildman–Crippen LogP) is 3.27. The molecule has 0 bridgehead atoms. The molecule has 0 saturated heterocycles. The van der Waals surface area contributed by atoms with Gasteiger partial charge in [0.1, 0.15) is 0 Å². The molecule has 0 spiro atoms. The van der Waals surface area contributed by atoms with E-state index in [-0.39, 0.29) is 6.04 Å². The third-order valence-corrected chi connectivity index (χ3v) is 3.42. The van der Waals surface area contributed by atoms with Crippen molar-refractivity contribution in [2.75, 3.05) is 0 Å². The molecule has 76 valence electrons. The highest BCUT2D eigenvalue weighted by atomic mass is 35.5. The third kappa shape index (κ3) is 2.41. The first kappa shape index (κ1) is 10.3. The van der Waals surface area contributed by atoms with Crippen LogP contribution in [0, 0.1) is 5.92 Å². The van der Waals surface area contributed by atoms with E-state index in [4.69, 9.17) is 28.9 Å². The lowest BCUT2D eigenvalue weighted by molar-refractivity contribution is 0.592. The Balaban J connectivity index is 2.04. The maximum atomic E-state index is 6.02. The van der Waals surface area contributed by atoms with Crippen LogP contribution in [0.5, 0.6) is 0 Å². The summed E-state index contributed by atoms with van der Waals surface area (Å²) in [6.07, 6.45) is 3.46. The minimum atomic E-state index is 0.284. The Hall–Kier alpha value is -0.240. The van der Waals surface area contributed by atoms with E-state index < -0.39 is 0 Å². The Kier molecular flexibility index (Phi) is 3.01.